The lowest BCUT2D eigenvalue weighted by Crippen LogP contribution is -2.51. The normalized spacial score (nSPS) is 13.4. The third-order valence-corrected chi connectivity index (χ3v) is 6.97. The highest BCUT2D eigenvalue weighted by Crippen LogP contribution is 2.44. The van der Waals surface area contributed by atoms with Crippen LogP contribution in [0.25, 0.3) is 11.1 Å². The molecule has 9 nitrogen and oxygen atoms in total. The zero-order chi connectivity index (χ0) is 28.8. The van der Waals surface area contributed by atoms with E-state index in [1.165, 1.54) is 18.3 Å². The first-order chi connectivity index (χ1) is 19.9. The summed E-state index contributed by atoms with van der Waals surface area (Å²) < 4.78 is 11.6. The monoisotopic (exact) mass is 551 g/mol. The molecule has 1 heterocycles. The molecule has 0 saturated heterocycles. The van der Waals surface area contributed by atoms with Gasteiger partial charge in [-0.3, -0.25) is 4.79 Å². The first kappa shape index (κ1) is 27.5. The number of fused-ring (bicyclic) bond motifs is 3. The highest BCUT2D eigenvalue weighted by atomic mass is 16.5. The smallest absolute Gasteiger partial charge is 0.407 e. The number of aromatic nitrogens is 1. The van der Waals surface area contributed by atoms with E-state index in [1.807, 2.05) is 66.7 Å². The predicted octanol–water partition coefficient (Wildman–Crippen LogP) is 5.23. The van der Waals surface area contributed by atoms with Crippen molar-refractivity contribution in [2.75, 3.05) is 11.9 Å². The van der Waals surface area contributed by atoms with Crippen LogP contribution in [0, 0.1) is 0 Å². The van der Waals surface area contributed by atoms with E-state index in [1.54, 1.807) is 6.92 Å². The molecule has 0 fully saturated rings. The van der Waals surface area contributed by atoms with Crippen LogP contribution in [0.15, 0.2) is 97.2 Å². The van der Waals surface area contributed by atoms with Gasteiger partial charge in [0.1, 0.15) is 18.3 Å². The quantitative estimate of drug-likeness (QED) is 0.246. The van der Waals surface area contributed by atoms with Gasteiger partial charge in [-0.25, -0.2) is 14.6 Å². The molecule has 2 atom stereocenters. The van der Waals surface area contributed by atoms with Gasteiger partial charge in [-0.1, -0.05) is 78.9 Å². The standard InChI is InChI=1S/C32H29N3O6/c1-20(40-18-21-9-3-2-4-10-21)29(30(36)34-22-15-16-28(31(37)38)33-17-22)35-32(39)41-19-27-25-13-7-5-11-23(25)24-12-6-8-14-26(24)27/h2-17,20,27,29H,18-19H2,1H3,(H,34,36)(H,35,39)(H,37,38). The molecule has 41 heavy (non-hydrogen) atoms. The Labute approximate surface area is 237 Å². The molecule has 3 N–H and O–H groups in total. The number of pyridine rings is 1. The highest BCUT2D eigenvalue weighted by Gasteiger charge is 2.31. The number of benzene rings is 3. The lowest BCUT2D eigenvalue weighted by molar-refractivity contribution is -0.121. The van der Waals surface area contributed by atoms with Crippen molar-refractivity contribution in [1.82, 2.24) is 10.3 Å². The van der Waals surface area contributed by atoms with Gasteiger partial charge in [0, 0.05) is 5.92 Å². The number of amides is 2. The third-order valence-electron chi connectivity index (χ3n) is 6.97. The minimum absolute atomic E-state index is 0.0913. The molecular weight excluding hydrogens is 522 g/mol. The molecule has 1 aliphatic carbocycles. The summed E-state index contributed by atoms with van der Waals surface area (Å²) in [4.78, 5) is 41.3. The molecule has 0 radical (unpaired) electrons. The minimum Gasteiger partial charge on any atom is -0.477 e. The maximum absolute atomic E-state index is 13.3. The number of carboxylic acid groups (broad SMARTS) is 1. The van der Waals surface area contributed by atoms with Gasteiger partial charge in [0.2, 0.25) is 5.91 Å². The van der Waals surface area contributed by atoms with E-state index in [2.05, 4.69) is 27.8 Å². The second-order valence-corrected chi connectivity index (χ2v) is 9.68. The number of nitrogens with one attached hydrogen (secondary N) is 2. The van der Waals surface area contributed by atoms with Crippen molar-refractivity contribution in [3.8, 4) is 11.1 Å². The van der Waals surface area contributed by atoms with Gasteiger partial charge >= 0.3 is 12.1 Å². The molecule has 0 spiro atoms. The first-order valence-corrected chi connectivity index (χ1v) is 13.2. The summed E-state index contributed by atoms with van der Waals surface area (Å²) >= 11 is 0. The van der Waals surface area contributed by atoms with Crippen molar-refractivity contribution in [3.05, 3.63) is 120 Å². The summed E-state index contributed by atoms with van der Waals surface area (Å²) in [6, 6.07) is 27.1. The molecule has 2 amide bonds. The lowest BCUT2D eigenvalue weighted by Gasteiger charge is -2.25. The summed E-state index contributed by atoms with van der Waals surface area (Å²) in [6.07, 6.45) is -0.259. The fraction of sp³-hybridized carbons (Fsp3) is 0.188. The molecule has 0 bridgehead atoms. The number of hydrogen-bond donors (Lipinski definition) is 3. The van der Waals surface area contributed by atoms with E-state index in [-0.39, 0.29) is 30.5 Å². The number of carbonyl (C=O) groups excluding carboxylic acids is 2. The summed E-state index contributed by atoms with van der Waals surface area (Å²) in [5.74, 6) is -1.88. The number of hydrogen-bond acceptors (Lipinski definition) is 6. The maximum Gasteiger partial charge on any atom is 0.407 e. The van der Waals surface area contributed by atoms with Crippen molar-refractivity contribution in [3.63, 3.8) is 0 Å². The second kappa shape index (κ2) is 12.4. The van der Waals surface area contributed by atoms with E-state index in [0.29, 0.717) is 0 Å². The van der Waals surface area contributed by atoms with E-state index >= 15 is 0 Å². The number of ether oxygens (including phenoxy) is 2. The molecule has 0 saturated carbocycles. The summed E-state index contributed by atoms with van der Waals surface area (Å²) in [5.41, 5.74) is 5.40. The zero-order valence-electron chi connectivity index (χ0n) is 22.3. The number of carboxylic acids is 1. The van der Waals surface area contributed by atoms with Crippen LogP contribution in [-0.2, 0) is 20.9 Å². The molecule has 0 aliphatic heterocycles. The molecule has 3 aromatic carbocycles. The van der Waals surface area contributed by atoms with Crippen LogP contribution < -0.4 is 10.6 Å². The average Bonchev–Trinajstić information content (AvgIpc) is 3.32. The molecule has 9 heteroatoms. The number of aromatic carboxylic acids is 1. The molecule has 208 valence electrons. The zero-order valence-corrected chi connectivity index (χ0v) is 22.3. The van der Waals surface area contributed by atoms with Gasteiger partial charge in [0.15, 0.2) is 0 Å². The van der Waals surface area contributed by atoms with Gasteiger partial charge in [-0.15, -0.1) is 0 Å². The SMILES string of the molecule is CC(OCc1ccccc1)C(NC(=O)OCC1c2ccccc2-c2ccccc21)C(=O)Nc1ccc(C(=O)O)nc1. The molecule has 4 aromatic rings. The van der Waals surface area contributed by atoms with Crippen LogP contribution >= 0.6 is 0 Å². The average molecular weight is 552 g/mol. The van der Waals surface area contributed by atoms with Gasteiger partial charge in [-0.05, 0) is 46.9 Å². The van der Waals surface area contributed by atoms with Crippen LogP contribution in [0.3, 0.4) is 0 Å². The predicted molar refractivity (Wildman–Crippen MR) is 153 cm³/mol. The van der Waals surface area contributed by atoms with Gasteiger partial charge in [-0.2, -0.15) is 0 Å². The summed E-state index contributed by atoms with van der Waals surface area (Å²) in [6.45, 7) is 2.00. The van der Waals surface area contributed by atoms with E-state index < -0.39 is 30.1 Å². The van der Waals surface area contributed by atoms with Crippen molar-refractivity contribution in [2.45, 2.75) is 31.6 Å². The number of rotatable bonds is 10. The van der Waals surface area contributed by atoms with E-state index in [9.17, 15) is 14.4 Å². The van der Waals surface area contributed by atoms with Crippen LogP contribution in [0.5, 0.6) is 0 Å². The Hall–Kier alpha value is -5.02. The first-order valence-electron chi connectivity index (χ1n) is 13.2. The Morgan fingerprint density at radius 3 is 2.12 bits per heavy atom. The minimum atomic E-state index is -1.18. The number of nitrogens with zero attached hydrogens (tertiary/aromatic N) is 1. The molecule has 1 aliphatic rings. The Morgan fingerprint density at radius 2 is 1.51 bits per heavy atom. The molecule has 1 aromatic heterocycles. The van der Waals surface area contributed by atoms with Crippen LogP contribution in [0.1, 0.15) is 40.0 Å². The Kier molecular flexibility index (Phi) is 8.36. The van der Waals surface area contributed by atoms with Crippen molar-refractivity contribution < 1.29 is 29.0 Å². The second-order valence-electron chi connectivity index (χ2n) is 9.68. The molecular formula is C32H29N3O6. The Balaban J connectivity index is 1.28. The summed E-state index contributed by atoms with van der Waals surface area (Å²) in [7, 11) is 0. The maximum atomic E-state index is 13.3. The lowest BCUT2D eigenvalue weighted by atomic mass is 9.98. The molecule has 5 rings (SSSR count). The Morgan fingerprint density at radius 1 is 0.878 bits per heavy atom. The Bertz CT molecular complexity index is 1500. The fourth-order valence-corrected chi connectivity index (χ4v) is 4.88. The van der Waals surface area contributed by atoms with Gasteiger partial charge < -0.3 is 25.2 Å². The summed E-state index contributed by atoms with van der Waals surface area (Å²) in [5, 5.41) is 14.4. The van der Waals surface area contributed by atoms with Crippen LogP contribution in [-0.4, -0.2) is 46.8 Å². The topological polar surface area (TPSA) is 127 Å². The van der Waals surface area contributed by atoms with E-state index in [0.717, 1.165) is 27.8 Å². The van der Waals surface area contributed by atoms with Gasteiger partial charge in [0.05, 0.1) is 24.6 Å². The van der Waals surface area contributed by atoms with Crippen LogP contribution in [0.2, 0.25) is 0 Å². The fourth-order valence-electron chi connectivity index (χ4n) is 4.88. The molecule has 2 unspecified atom stereocenters. The number of alkyl carbamates (subject to hydrolysis) is 1. The van der Waals surface area contributed by atoms with Crippen LogP contribution in [0.4, 0.5) is 10.5 Å². The van der Waals surface area contributed by atoms with Gasteiger partial charge in [0.25, 0.3) is 0 Å². The third kappa shape index (κ3) is 6.42. The highest BCUT2D eigenvalue weighted by molar-refractivity contribution is 5.97. The van der Waals surface area contributed by atoms with Crippen molar-refractivity contribution in [2.24, 2.45) is 0 Å². The largest absolute Gasteiger partial charge is 0.477 e. The van der Waals surface area contributed by atoms with Crippen molar-refractivity contribution in [1.29, 1.82) is 0 Å². The van der Waals surface area contributed by atoms with Crippen molar-refractivity contribution >= 4 is 23.7 Å². The number of carbonyl (C=O) groups is 3. The number of anilines is 1. The van der Waals surface area contributed by atoms with E-state index in [4.69, 9.17) is 14.6 Å².